The predicted molar refractivity (Wildman–Crippen MR) is 131 cm³/mol. The van der Waals surface area contributed by atoms with Gasteiger partial charge >= 0.3 is 0 Å². The van der Waals surface area contributed by atoms with Crippen LogP contribution in [0.1, 0.15) is 45.1 Å². The molecule has 0 aliphatic carbocycles. The van der Waals surface area contributed by atoms with E-state index < -0.39 is 0 Å². The van der Waals surface area contributed by atoms with Crippen LogP contribution in [-0.4, -0.2) is 0 Å². The quantitative estimate of drug-likeness (QED) is 0.268. The van der Waals surface area contributed by atoms with Gasteiger partial charge in [0, 0.05) is 20.2 Å². The van der Waals surface area contributed by atoms with Gasteiger partial charge in [-0.3, -0.25) is 0 Å². The average molecular weight is 397 g/mol. The lowest BCUT2D eigenvalue weighted by Gasteiger charge is -2.15. The van der Waals surface area contributed by atoms with Crippen molar-refractivity contribution in [3.8, 4) is 0 Å². The molecule has 1 heterocycles. The minimum Gasteiger partial charge on any atom is -0.135 e. The summed E-state index contributed by atoms with van der Waals surface area (Å²) in [5.41, 5.74) is 1.49. The highest BCUT2D eigenvalue weighted by molar-refractivity contribution is 7.26. The number of thiophene rings is 1. The van der Waals surface area contributed by atoms with Gasteiger partial charge in [0.25, 0.3) is 0 Å². The number of fused-ring (bicyclic) bond motifs is 5. The molecule has 4 aromatic carbocycles. The molecule has 0 saturated carbocycles. The number of benzene rings is 4. The minimum atomic E-state index is 0.813. The first-order valence-electron chi connectivity index (χ1n) is 11.0. The molecule has 0 fully saturated rings. The van der Waals surface area contributed by atoms with Gasteiger partial charge in [0.15, 0.2) is 0 Å². The highest BCUT2D eigenvalue weighted by atomic mass is 32.1. The summed E-state index contributed by atoms with van der Waals surface area (Å²) in [6.45, 7) is 4.63. The first-order chi connectivity index (χ1) is 14.2. The van der Waals surface area contributed by atoms with E-state index in [2.05, 4.69) is 80.6 Å². The molecule has 0 radical (unpaired) electrons. The summed E-state index contributed by atoms with van der Waals surface area (Å²) in [6, 6.07) is 25.3. The van der Waals surface area contributed by atoms with Crippen LogP contribution >= 0.6 is 11.3 Å². The summed E-state index contributed by atoms with van der Waals surface area (Å²) >= 11 is 1.93. The molecule has 29 heavy (non-hydrogen) atoms. The third-order valence-corrected chi connectivity index (χ3v) is 7.54. The first kappa shape index (κ1) is 18.6. The average Bonchev–Trinajstić information content (AvgIpc) is 3.09. The van der Waals surface area contributed by atoms with Gasteiger partial charge in [0.2, 0.25) is 0 Å². The molecule has 0 bridgehead atoms. The van der Waals surface area contributed by atoms with Gasteiger partial charge in [-0.1, -0.05) is 82.0 Å². The van der Waals surface area contributed by atoms with E-state index in [9.17, 15) is 0 Å². The van der Waals surface area contributed by atoms with E-state index in [1.807, 2.05) is 11.3 Å². The van der Waals surface area contributed by atoms with Gasteiger partial charge < -0.3 is 0 Å². The van der Waals surface area contributed by atoms with Crippen molar-refractivity contribution in [2.24, 2.45) is 5.92 Å². The van der Waals surface area contributed by atoms with Crippen LogP contribution in [0.4, 0.5) is 0 Å². The summed E-state index contributed by atoms with van der Waals surface area (Å²) < 4.78 is 2.79. The molecule has 1 aromatic heterocycles. The van der Waals surface area contributed by atoms with Gasteiger partial charge in [0.05, 0.1) is 0 Å². The van der Waals surface area contributed by atoms with Crippen molar-refractivity contribution in [1.29, 1.82) is 0 Å². The van der Waals surface area contributed by atoms with Crippen molar-refractivity contribution < 1.29 is 0 Å². The van der Waals surface area contributed by atoms with Crippen LogP contribution in [0.3, 0.4) is 0 Å². The van der Waals surface area contributed by atoms with Crippen molar-refractivity contribution in [1.82, 2.24) is 0 Å². The Hall–Kier alpha value is -2.38. The molecular formula is C28H28S. The molecule has 1 atom stereocenters. The molecule has 5 aromatic rings. The molecule has 0 amide bonds. The lowest BCUT2D eigenvalue weighted by molar-refractivity contribution is 0.449. The van der Waals surface area contributed by atoms with Gasteiger partial charge in [-0.2, -0.15) is 0 Å². The van der Waals surface area contributed by atoms with Gasteiger partial charge in [0.1, 0.15) is 0 Å². The van der Waals surface area contributed by atoms with Crippen molar-refractivity contribution in [3.05, 3.63) is 72.3 Å². The summed E-state index contributed by atoms with van der Waals surface area (Å²) in [6.07, 6.45) is 6.49. The second-order valence-corrected chi connectivity index (χ2v) is 9.53. The van der Waals surface area contributed by atoms with Crippen molar-refractivity contribution in [3.63, 3.8) is 0 Å². The van der Waals surface area contributed by atoms with Crippen LogP contribution in [0, 0.1) is 5.92 Å². The van der Waals surface area contributed by atoms with Crippen LogP contribution < -0.4 is 0 Å². The molecule has 146 valence electrons. The molecule has 0 aliphatic rings. The molecule has 0 nitrogen and oxygen atoms in total. The molecular weight excluding hydrogens is 368 g/mol. The topological polar surface area (TPSA) is 0 Å². The summed E-state index contributed by atoms with van der Waals surface area (Å²) in [4.78, 5) is 0. The second kappa shape index (κ2) is 7.80. The van der Waals surface area contributed by atoms with Crippen LogP contribution in [0.15, 0.2) is 66.7 Å². The normalized spacial score (nSPS) is 13.0. The number of unbranched alkanes of at least 4 members (excludes halogenated alkanes) is 1. The maximum atomic E-state index is 2.43. The fraction of sp³-hybridized carbons (Fsp3) is 0.286. The Morgan fingerprint density at radius 1 is 0.724 bits per heavy atom. The van der Waals surface area contributed by atoms with E-state index in [0.717, 1.165) is 5.92 Å². The highest BCUT2D eigenvalue weighted by Crippen LogP contribution is 2.38. The lowest BCUT2D eigenvalue weighted by atomic mass is 9.91. The maximum Gasteiger partial charge on any atom is 0.0361 e. The Morgan fingerprint density at radius 3 is 2.07 bits per heavy atom. The third kappa shape index (κ3) is 3.53. The van der Waals surface area contributed by atoms with E-state index in [1.165, 1.54) is 79.4 Å². The minimum absolute atomic E-state index is 0.813. The number of hydrogen-bond donors (Lipinski definition) is 0. The molecule has 0 N–H and O–H groups in total. The van der Waals surface area contributed by atoms with Gasteiger partial charge in [-0.15, -0.1) is 11.3 Å². The zero-order chi connectivity index (χ0) is 19.8. The van der Waals surface area contributed by atoms with Crippen molar-refractivity contribution >= 4 is 53.1 Å². The number of hydrogen-bond acceptors (Lipinski definition) is 1. The van der Waals surface area contributed by atoms with E-state index >= 15 is 0 Å². The van der Waals surface area contributed by atoms with Gasteiger partial charge in [-0.25, -0.2) is 0 Å². The van der Waals surface area contributed by atoms with E-state index in [-0.39, 0.29) is 0 Å². The van der Waals surface area contributed by atoms with Crippen molar-refractivity contribution in [2.75, 3.05) is 0 Å². The van der Waals surface area contributed by atoms with E-state index in [0.29, 0.717) is 0 Å². The SMILES string of the molecule is CCCCC(CC)Cc1ccc2cc3c(cc2c1)sc1cc2ccccc2cc13. The van der Waals surface area contributed by atoms with Crippen LogP contribution in [0.2, 0.25) is 0 Å². The maximum absolute atomic E-state index is 2.43. The largest absolute Gasteiger partial charge is 0.135 e. The summed E-state index contributed by atoms with van der Waals surface area (Å²) in [7, 11) is 0. The molecule has 1 unspecified atom stereocenters. The van der Waals surface area contributed by atoms with Crippen LogP contribution in [0.25, 0.3) is 41.7 Å². The summed E-state index contributed by atoms with van der Waals surface area (Å²) in [5.74, 6) is 0.813. The Labute approximate surface area is 177 Å². The second-order valence-electron chi connectivity index (χ2n) is 8.45. The van der Waals surface area contributed by atoms with Crippen LogP contribution in [-0.2, 0) is 6.42 Å². The standard InChI is InChI=1S/C28H28S/c1-3-5-8-19(4-2)13-20-11-12-23-16-26-25-15-21-9-6-7-10-22(21)17-27(25)29-28(26)18-24(23)14-20/h6-7,9-12,14-19H,3-5,8,13H2,1-2H3. The molecule has 0 spiro atoms. The summed E-state index contributed by atoms with van der Waals surface area (Å²) in [5, 5.41) is 8.18. The lowest BCUT2D eigenvalue weighted by Crippen LogP contribution is -2.03. The fourth-order valence-corrected chi connectivity index (χ4v) is 5.82. The molecule has 5 rings (SSSR count). The molecule has 0 saturated heterocycles. The first-order valence-corrected chi connectivity index (χ1v) is 11.8. The molecule has 0 aliphatic heterocycles. The zero-order valence-electron chi connectivity index (χ0n) is 17.4. The predicted octanol–water partition coefficient (Wildman–Crippen LogP) is 9.12. The Kier molecular flexibility index (Phi) is 5.01. The van der Waals surface area contributed by atoms with Gasteiger partial charge in [-0.05, 0) is 63.7 Å². The van der Waals surface area contributed by atoms with E-state index in [4.69, 9.17) is 0 Å². The zero-order valence-corrected chi connectivity index (χ0v) is 18.2. The smallest absolute Gasteiger partial charge is 0.0361 e. The number of rotatable bonds is 6. The van der Waals surface area contributed by atoms with Crippen molar-refractivity contribution in [2.45, 2.75) is 46.0 Å². The molecule has 1 heteroatoms. The highest BCUT2D eigenvalue weighted by Gasteiger charge is 2.11. The Bertz CT molecular complexity index is 1310. The van der Waals surface area contributed by atoms with Crippen LogP contribution in [0.5, 0.6) is 0 Å². The Morgan fingerprint density at radius 2 is 1.38 bits per heavy atom. The fourth-order valence-electron chi connectivity index (χ4n) is 4.66. The monoisotopic (exact) mass is 396 g/mol. The van der Waals surface area contributed by atoms with E-state index in [1.54, 1.807) is 0 Å². The third-order valence-electron chi connectivity index (χ3n) is 6.43. The Balaban J connectivity index is 1.58.